The second-order valence-corrected chi connectivity index (χ2v) is 4.42. The minimum atomic E-state index is -0.592. The van der Waals surface area contributed by atoms with E-state index in [1.807, 2.05) is 0 Å². The van der Waals surface area contributed by atoms with Crippen molar-refractivity contribution >= 4 is 11.8 Å². The van der Waals surface area contributed by atoms with Crippen molar-refractivity contribution in [2.75, 3.05) is 19.6 Å². The van der Waals surface area contributed by atoms with Crippen LogP contribution in [0.3, 0.4) is 0 Å². The van der Waals surface area contributed by atoms with Crippen LogP contribution >= 0.6 is 0 Å². The number of carbonyl (C=O) groups excluding carboxylic acids is 2. The number of rotatable bonds is 2. The summed E-state index contributed by atoms with van der Waals surface area (Å²) in [7, 11) is 1.76. The predicted molar refractivity (Wildman–Crippen MR) is 64.8 cm³/mol. The van der Waals surface area contributed by atoms with Crippen molar-refractivity contribution in [1.29, 1.82) is 0 Å². The van der Waals surface area contributed by atoms with Crippen molar-refractivity contribution in [2.24, 2.45) is 12.8 Å². The van der Waals surface area contributed by atoms with E-state index in [1.54, 1.807) is 24.9 Å². The van der Waals surface area contributed by atoms with Crippen LogP contribution in [0.4, 0.5) is 0 Å². The number of aryl methyl sites for hydroxylation is 2. The van der Waals surface area contributed by atoms with Crippen LogP contribution in [0.25, 0.3) is 0 Å². The molecule has 2 amide bonds. The molecule has 2 rings (SSSR count). The number of piperazine rings is 1. The Morgan fingerprint density at radius 1 is 1.56 bits per heavy atom. The standard InChI is InChI=1S/C11H17N5O2/c1-7-8(6-15(2)14-7)11(18)16-4-3-13-5-9(16)10(12)17/h6,9,13H,3-5H2,1-2H3,(H2,12,17). The van der Waals surface area contributed by atoms with Gasteiger partial charge in [-0.15, -0.1) is 0 Å². The van der Waals surface area contributed by atoms with Crippen molar-refractivity contribution in [3.63, 3.8) is 0 Å². The maximum absolute atomic E-state index is 12.4. The molecule has 7 nitrogen and oxygen atoms in total. The van der Waals surface area contributed by atoms with Crippen LogP contribution < -0.4 is 11.1 Å². The molecule has 0 aromatic carbocycles. The van der Waals surface area contributed by atoms with E-state index in [1.165, 1.54) is 4.90 Å². The highest BCUT2D eigenvalue weighted by atomic mass is 16.2. The van der Waals surface area contributed by atoms with Crippen molar-refractivity contribution in [2.45, 2.75) is 13.0 Å². The van der Waals surface area contributed by atoms with Crippen LogP contribution in [0.2, 0.25) is 0 Å². The van der Waals surface area contributed by atoms with Crippen molar-refractivity contribution in [3.05, 3.63) is 17.5 Å². The van der Waals surface area contributed by atoms with Gasteiger partial charge in [0.05, 0.1) is 11.3 Å². The summed E-state index contributed by atoms with van der Waals surface area (Å²) in [5.41, 5.74) is 6.50. The first-order chi connectivity index (χ1) is 8.50. The van der Waals surface area contributed by atoms with E-state index in [2.05, 4.69) is 10.4 Å². The number of hydrogen-bond donors (Lipinski definition) is 2. The molecule has 2 heterocycles. The molecule has 0 spiro atoms. The number of nitrogens with two attached hydrogens (primary N) is 1. The summed E-state index contributed by atoms with van der Waals surface area (Å²) in [4.78, 5) is 25.3. The number of nitrogens with zero attached hydrogens (tertiary/aromatic N) is 3. The Morgan fingerprint density at radius 3 is 2.83 bits per heavy atom. The average Bonchev–Trinajstić information content (AvgIpc) is 2.67. The zero-order chi connectivity index (χ0) is 13.3. The third-order valence-corrected chi connectivity index (χ3v) is 3.08. The quantitative estimate of drug-likeness (QED) is 0.678. The molecule has 1 saturated heterocycles. The molecular weight excluding hydrogens is 234 g/mol. The van der Waals surface area contributed by atoms with Gasteiger partial charge in [-0.1, -0.05) is 0 Å². The molecule has 0 radical (unpaired) electrons. The lowest BCUT2D eigenvalue weighted by Crippen LogP contribution is -2.58. The molecule has 1 unspecified atom stereocenters. The Balaban J connectivity index is 2.26. The van der Waals surface area contributed by atoms with Gasteiger partial charge < -0.3 is 16.0 Å². The summed E-state index contributed by atoms with van der Waals surface area (Å²) in [5.74, 6) is -0.678. The molecule has 1 atom stereocenters. The highest BCUT2D eigenvalue weighted by molar-refractivity contribution is 5.98. The molecule has 18 heavy (non-hydrogen) atoms. The van der Waals surface area contributed by atoms with Gasteiger partial charge >= 0.3 is 0 Å². The second-order valence-electron chi connectivity index (χ2n) is 4.42. The van der Waals surface area contributed by atoms with Crippen LogP contribution in [0, 0.1) is 6.92 Å². The van der Waals surface area contributed by atoms with E-state index in [0.717, 1.165) is 0 Å². The van der Waals surface area contributed by atoms with Crippen LogP contribution in [-0.2, 0) is 11.8 Å². The molecule has 1 aliphatic heterocycles. The first kappa shape index (κ1) is 12.6. The van der Waals surface area contributed by atoms with Gasteiger partial charge in [-0.05, 0) is 6.92 Å². The van der Waals surface area contributed by atoms with Gasteiger partial charge in [0.2, 0.25) is 5.91 Å². The third kappa shape index (κ3) is 2.21. The largest absolute Gasteiger partial charge is 0.368 e. The van der Waals surface area contributed by atoms with Gasteiger partial charge in [0, 0.05) is 32.9 Å². The number of nitrogens with one attached hydrogen (secondary N) is 1. The summed E-state index contributed by atoms with van der Waals surface area (Å²) in [6.07, 6.45) is 1.66. The van der Waals surface area contributed by atoms with E-state index in [4.69, 9.17) is 5.73 Å². The van der Waals surface area contributed by atoms with Gasteiger partial charge in [0.1, 0.15) is 6.04 Å². The van der Waals surface area contributed by atoms with E-state index < -0.39 is 11.9 Å². The maximum Gasteiger partial charge on any atom is 0.258 e. The monoisotopic (exact) mass is 251 g/mol. The second kappa shape index (κ2) is 4.77. The summed E-state index contributed by atoms with van der Waals surface area (Å²) >= 11 is 0. The minimum Gasteiger partial charge on any atom is -0.368 e. The number of carbonyl (C=O) groups is 2. The summed E-state index contributed by atoms with van der Waals surface area (Å²) in [6.45, 7) is 3.31. The van der Waals surface area contributed by atoms with Gasteiger partial charge in [0.25, 0.3) is 5.91 Å². The lowest BCUT2D eigenvalue weighted by molar-refractivity contribution is -0.122. The Morgan fingerprint density at radius 2 is 2.28 bits per heavy atom. The van der Waals surface area contributed by atoms with Gasteiger partial charge in [-0.25, -0.2) is 0 Å². The molecule has 1 aromatic rings. The Kier molecular flexibility index (Phi) is 3.33. The van der Waals surface area contributed by atoms with Crippen LogP contribution in [0.1, 0.15) is 16.1 Å². The molecule has 0 saturated carbocycles. The van der Waals surface area contributed by atoms with Crippen LogP contribution in [0.15, 0.2) is 6.20 Å². The highest BCUT2D eigenvalue weighted by Crippen LogP contribution is 2.13. The highest BCUT2D eigenvalue weighted by Gasteiger charge is 2.32. The maximum atomic E-state index is 12.4. The third-order valence-electron chi connectivity index (χ3n) is 3.08. The van der Waals surface area contributed by atoms with E-state index in [-0.39, 0.29) is 5.91 Å². The fraction of sp³-hybridized carbons (Fsp3) is 0.545. The topological polar surface area (TPSA) is 93.2 Å². The molecule has 0 bridgehead atoms. The Labute approximate surface area is 105 Å². The van der Waals surface area contributed by atoms with E-state index in [0.29, 0.717) is 30.9 Å². The van der Waals surface area contributed by atoms with Gasteiger partial charge in [0.15, 0.2) is 0 Å². The summed E-state index contributed by atoms with van der Waals surface area (Å²) in [6, 6.07) is -0.592. The van der Waals surface area contributed by atoms with Crippen LogP contribution in [0.5, 0.6) is 0 Å². The zero-order valence-corrected chi connectivity index (χ0v) is 10.5. The number of primary amides is 1. The molecule has 3 N–H and O–H groups in total. The van der Waals surface area contributed by atoms with Gasteiger partial charge in [-0.2, -0.15) is 5.10 Å². The molecule has 1 fully saturated rings. The number of hydrogen-bond acceptors (Lipinski definition) is 4. The average molecular weight is 251 g/mol. The van der Waals surface area contributed by atoms with E-state index >= 15 is 0 Å². The smallest absolute Gasteiger partial charge is 0.258 e. The molecule has 7 heteroatoms. The lowest BCUT2D eigenvalue weighted by atomic mass is 10.1. The molecule has 1 aliphatic rings. The fourth-order valence-electron chi connectivity index (χ4n) is 2.17. The molecular formula is C11H17N5O2. The SMILES string of the molecule is Cc1nn(C)cc1C(=O)N1CCNCC1C(N)=O. The van der Waals surface area contributed by atoms with Crippen molar-refractivity contribution < 1.29 is 9.59 Å². The van der Waals surface area contributed by atoms with Crippen LogP contribution in [-0.4, -0.2) is 52.2 Å². The minimum absolute atomic E-state index is 0.189. The number of amides is 2. The Hall–Kier alpha value is -1.89. The zero-order valence-electron chi connectivity index (χ0n) is 10.5. The lowest BCUT2D eigenvalue weighted by Gasteiger charge is -2.34. The summed E-state index contributed by atoms with van der Waals surface area (Å²) < 4.78 is 1.59. The van der Waals surface area contributed by atoms with Crippen molar-refractivity contribution in [3.8, 4) is 0 Å². The molecule has 1 aromatic heterocycles. The first-order valence-corrected chi connectivity index (χ1v) is 5.82. The van der Waals surface area contributed by atoms with Crippen molar-refractivity contribution in [1.82, 2.24) is 20.0 Å². The van der Waals surface area contributed by atoms with E-state index in [9.17, 15) is 9.59 Å². The molecule has 98 valence electrons. The normalized spacial score (nSPS) is 19.9. The summed E-state index contributed by atoms with van der Waals surface area (Å²) in [5, 5.41) is 7.19. The first-order valence-electron chi connectivity index (χ1n) is 5.82. The number of aromatic nitrogens is 2. The molecule has 0 aliphatic carbocycles. The predicted octanol–water partition coefficient (Wildman–Crippen LogP) is -1.37. The Bertz CT molecular complexity index is 482. The fourth-order valence-corrected chi connectivity index (χ4v) is 2.17. The van der Waals surface area contributed by atoms with Gasteiger partial charge in [-0.3, -0.25) is 14.3 Å².